The van der Waals surface area contributed by atoms with Crippen LogP contribution in [0, 0.1) is 0 Å². The molecule has 0 spiro atoms. The van der Waals surface area contributed by atoms with Crippen LogP contribution in [0.15, 0.2) is 46.2 Å². The average molecular weight is 487 g/mol. The maximum Gasteiger partial charge on any atom is 0.265 e. The predicted octanol–water partition coefficient (Wildman–Crippen LogP) is 3.32. The zero-order valence-electron chi connectivity index (χ0n) is 19.1. The van der Waals surface area contributed by atoms with Crippen molar-refractivity contribution in [3.63, 3.8) is 0 Å². The molecule has 9 nitrogen and oxygen atoms in total. The van der Waals surface area contributed by atoms with Crippen LogP contribution in [-0.4, -0.2) is 54.6 Å². The molecule has 0 aliphatic carbocycles. The number of anilines is 1. The van der Waals surface area contributed by atoms with Crippen molar-refractivity contribution >= 4 is 25.7 Å². The monoisotopic (exact) mass is 486 g/mol. The first-order valence-corrected chi connectivity index (χ1v) is 13.0. The molecule has 0 fully saturated rings. The number of ether oxygens (including phenoxy) is 3. The minimum absolute atomic E-state index is 0.00296. The Kier molecular flexibility index (Phi) is 8.38. The molecule has 2 rings (SSSR count). The van der Waals surface area contributed by atoms with Gasteiger partial charge in [-0.05, 0) is 44.2 Å². The second kappa shape index (κ2) is 10.4. The highest BCUT2D eigenvalue weighted by Crippen LogP contribution is 2.34. The fourth-order valence-corrected chi connectivity index (χ4v) is 5.74. The molecule has 0 heterocycles. The van der Waals surface area contributed by atoms with Gasteiger partial charge in [-0.2, -0.15) is 4.31 Å². The zero-order valence-corrected chi connectivity index (χ0v) is 20.7. The highest BCUT2D eigenvalue weighted by Gasteiger charge is 2.26. The molecule has 11 heteroatoms. The van der Waals surface area contributed by atoms with Crippen LogP contribution in [0.5, 0.6) is 17.2 Å². The maximum atomic E-state index is 13.2. The molecule has 0 bridgehead atoms. The van der Waals surface area contributed by atoms with Crippen LogP contribution in [0.3, 0.4) is 0 Å². The molecule has 0 aliphatic rings. The summed E-state index contributed by atoms with van der Waals surface area (Å²) in [5, 5.41) is 0. The van der Waals surface area contributed by atoms with Gasteiger partial charge in [0.05, 0.1) is 30.9 Å². The van der Waals surface area contributed by atoms with E-state index < -0.39 is 20.0 Å². The molecule has 0 radical (unpaired) electrons. The van der Waals surface area contributed by atoms with Crippen molar-refractivity contribution in [2.75, 3.05) is 32.0 Å². The molecule has 2 aromatic rings. The lowest BCUT2D eigenvalue weighted by Crippen LogP contribution is -2.30. The lowest BCUT2D eigenvalue weighted by molar-refractivity contribution is 0.243. The Morgan fingerprint density at radius 2 is 1.53 bits per heavy atom. The van der Waals surface area contributed by atoms with E-state index in [0.29, 0.717) is 5.75 Å². The quantitative estimate of drug-likeness (QED) is 0.519. The molecule has 1 N–H and O–H groups in total. The van der Waals surface area contributed by atoms with E-state index in [1.807, 2.05) is 0 Å². The molecule has 0 saturated carbocycles. The van der Waals surface area contributed by atoms with Gasteiger partial charge in [-0.1, -0.05) is 13.8 Å². The lowest BCUT2D eigenvalue weighted by atomic mass is 10.3. The van der Waals surface area contributed by atoms with E-state index in [1.54, 1.807) is 33.8 Å². The van der Waals surface area contributed by atoms with Gasteiger partial charge in [0.15, 0.2) is 0 Å². The van der Waals surface area contributed by atoms with Crippen LogP contribution in [-0.2, 0) is 20.0 Å². The number of nitrogens with one attached hydrogen (secondary N) is 1. The Morgan fingerprint density at radius 1 is 0.906 bits per heavy atom. The summed E-state index contributed by atoms with van der Waals surface area (Å²) in [6.45, 7) is 7.59. The minimum atomic E-state index is -4.18. The van der Waals surface area contributed by atoms with E-state index in [4.69, 9.17) is 14.2 Å². The normalized spacial score (nSPS) is 12.1. The third kappa shape index (κ3) is 5.64. The molecular formula is C21H30N2O7S2. The lowest BCUT2D eigenvalue weighted by Gasteiger charge is -2.21. The van der Waals surface area contributed by atoms with E-state index in [-0.39, 0.29) is 46.2 Å². The van der Waals surface area contributed by atoms with Crippen molar-refractivity contribution < 1.29 is 31.0 Å². The van der Waals surface area contributed by atoms with E-state index in [9.17, 15) is 16.8 Å². The van der Waals surface area contributed by atoms with Crippen LogP contribution in [0.4, 0.5) is 5.69 Å². The van der Waals surface area contributed by atoms with Gasteiger partial charge in [-0.25, -0.2) is 16.8 Å². The van der Waals surface area contributed by atoms with Gasteiger partial charge in [0.25, 0.3) is 10.0 Å². The van der Waals surface area contributed by atoms with Gasteiger partial charge in [0.2, 0.25) is 10.0 Å². The molecule has 2 aromatic carbocycles. The van der Waals surface area contributed by atoms with E-state index in [2.05, 4.69) is 4.72 Å². The van der Waals surface area contributed by atoms with Crippen LogP contribution in [0.1, 0.15) is 27.7 Å². The molecule has 0 amide bonds. The standard InChI is InChI=1S/C21H30N2O7S2/c1-7-23(8-2)32(26,27)17-10-12-19(30-15(3)4)18(14-17)22-31(24,25)21-13-16(28-5)9-11-20(21)29-6/h9-15,22H,7-8H2,1-6H3. The Labute approximate surface area is 190 Å². The highest BCUT2D eigenvalue weighted by molar-refractivity contribution is 7.93. The predicted molar refractivity (Wildman–Crippen MR) is 123 cm³/mol. The van der Waals surface area contributed by atoms with Gasteiger partial charge < -0.3 is 14.2 Å². The summed E-state index contributed by atoms with van der Waals surface area (Å²) in [5.41, 5.74) is -0.00296. The van der Waals surface area contributed by atoms with E-state index in [1.165, 1.54) is 48.9 Å². The number of benzene rings is 2. The van der Waals surface area contributed by atoms with Crippen molar-refractivity contribution in [3.8, 4) is 17.2 Å². The fraction of sp³-hybridized carbons (Fsp3) is 0.429. The smallest absolute Gasteiger partial charge is 0.265 e. The first-order chi connectivity index (χ1) is 15.0. The van der Waals surface area contributed by atoms with Crippen molar-refractivity contribution in [1.29, 1.82) is 0 Å². The highest BCUT2D eigenvalue weighted by atomic mass is 32.2. The molecule has 32 heavy (non-hydrogen) atoms. The Bertz CT molecular complexity index is 1140. The summed E-state index contributed by atoms with van der Waals surface area (Å²) in [7, 11) is -5.23. The van der Waals surface area contributed by atoms with Gasteiger partial charge >= 0.3 is 0 Å². The number of sulfonamides is 2. The summed E-state index contributed by atoms with van der Waals surface area (Å²) in [4.78, 5) is -0.209. The van der Waals surface area contributed by atoms with Crippen molar-refractivity contribution in [1.82, 2.24) is 4.31 Å². The number of hydrogen-bond acceptors (Lipinski definition) is 7. The SMILES string of the molecule is CCN(CC)S(=O)(=O)c1ccc(OC(C)C)c(NS(=O)(=O)c2cc(OC)ccc2OC)c1. The molecule has 0 unspecified atom stereocenters. The summed E-state index contributed by atoms with van der Waals surface area (Å²) in [5.74, 6) is 0.628. The maximum absolute atomic E-state index is 13.2. The van der Waals surface area contributed by atoms with Crippen molar-refractivity contribution in [3.05, 3.63) is 36.4 Å². The number of methoxy groups -OCH3 is 2. The Balaban J connectivity index is 2.62. The topological polar surface area (TPSA) is 111 Å². The minimum Gasteiger partial charge on any atom is -0.497 e. The molecule has 178 valence electrons. The third-order valence-electron chi connectivity index (χ3n) is 4.56. The van der Waals surface area contributed by atoms with Crippen molar-refractivity contribution in [2.24, 2.45) is 0 Å². The van der Waals surface area contributed by atoms with Gasteiger partial charge in [-0.3, -0.25) is 4.72 Å². The second-order valence-corrected chi connectivity index (χ2v) is 10.6. The molecule has 0 aliphatic heterocycles. The third-order valence-corrected chi connectivity index (χ3v) is 7.99. The van der Waals surface area contributed by atoms with Crippen LogP contribution in [0.25, 0.3) is 0 Å². The van der Waals surface area contributed by atoms with Crippen LogP contribution < -0.4 is 18.9 Å². The van der Waals surface area contributed by atoms with E-state index in [0.717, 1.165) is 0 Å². The summed E-state index contributed by atoms with van der Waals surface area (Å²) >= 11 is 0. The first-order valence-electron chi connectivity index (χ1n) is 10.1. The molecule has 0 saturated heterocycles. The van der Waals surface area contributed by atoms with Crippen LogP contribution >= 0.6 is 0 Å². The number of nitrogens with zero attached hydrogens (tertiary/aromatic N) is 1. The largest absolute Gasteiger partial charge is 0.497 e. The Morgan fingerprint density at radius 3 is 2.06 bits per heavy atom. The van der Waals surface area contributed by atoms with Gasteiger partial charge in [-0.15, -0.1) is 0 Å². The fourth-order valence-electron chi connectivity index (χ4n) is 3.01. The molecule has 0 atom stereocenters. The zero-order chi connectivity index (χ0) is 24.1. The first kappa shape index (κ1) is 25.8. The average Bonchev–Trinajstić information content (AvgIpc) is 2.74. The molecule has 0 aromatic heterocycles. The van der Waals surface area contributed by atoms with E-state index >= 15 is 0 Å². The number of rotatable bonds is 11. The second-order valence-electron chi connectivity index (χ2n) is 7.04. The van der Waals surface area contributed by atoms with Gasteiger partial charge in [0, 0.05) is 19.2 Å². The number of hydrogen-bond donors (Lipinski definition) is 1. The van der Waals surface area contributed by atoms with Crippen LogP contribution in [0.2, 0.25) is 0 Å². The van der Waals surface area contributed by atoms with Crippen molar-refractivity contribution in [2.45, 2.75) is 43.6 Å². The Hall–Kier alpha value is -2.50. The summed E-state index contributed by atoms with van der Waals surface area (Å²) < 4.78 is 72.2. The van der Waals surface area contributed by atoms with Gasteiger partial charge in [0.1, 0.15) is 22.1 Å². The molecular weight excluding hydrogens is 456 g/mol. The summed E-state index contributed by atoms with van der Waals surface area (Å²) in [6, 6.07) is 8.46. The summed E-state index contributed by atoms with van der Waals surface area (Å²) in [6.07, 6.45) is -0.269.